The van der Waals surface area contributed by atoms with Gasteiger partial charge in [0.1, 0.15) is 0 Å². The molecule has 1 atom stereocenters. The molecule has 0 radical (unpaired) electrons. The molecule has 0 bridgehead atoms. The van der Waals surface area contributed by atoms with E-state index in [0.717, 1.165) is 24.8 Å². The van der Waals surface area contributed by atoms with Crippen LogP contribution in [0.4, 0.5) is 0 Å². The molecule has 1 aliphatic rings. The quantitative estimate of drug-likeness (QED) is 0.826. The summed E-state index contributed by atoms with van der Waals surface area (Å²) < 4.78 is 1.92. The summed E-state index contributed by atoms with van der Waals surface area (Å²) in [5.74, 6) is 1.83. The number of rotatable bonds is 7. The van der Waals surface area contributed by atoms with Crippen LogP contribution in [0.15, 0.2) is 12.4 Å². The molecule has 1 aromatic heterocycles. The van der Waals surface area contributed by atoms with E-state index >= 15 is 0 Å². The Balaban J connectivity index is 1.92. The Kier molecular flexibility index (Phi) is 6.08. The second kappa shape index (κ2) is 7.82. The number of nitrogens with one attached hydrogen (secondary N) is 1. The monoisotopic (exact) mass is 277 g/mol. The third kappa shape index (κ3) is 4.34. The molecular formula is C17H31N3. The summed E-state index contributed by atoms with van der Waals surface area (Å²) >= 11 is 0. The average Bonchev–Trinajstić information content (AvgIpc) is 2.89. The molecule has 2 rings (SSSR count). The maximum Gasteiger partial charge on any atom is 0.0522 e. The summed E-state index contributed by atoms with van der Waals surface area (Å²) in [6.07, 6.45) is 13.6. The highest BCUT2D eigenvalue weighted by Crippen LogP contribution is 2.33. The van der Waals surface area contributed by atoms with Crippen LogP contribution in [-0.2, 0) is 13.5 Å². The lowest BCUT2D eigenvalue weighted by Crippen LogP contribution is -2.40. The minimum Gasteiger partial charge on any atom is -0.313 e. The summed E-state index contributed by atoms with van der Waals surface area (Å²) in [5.41, 5.74) is 1.37. The van der Waals surface area contributed by atoms with E-state index in [-0.39, 0.29) is 0 Å². The van der Waals surface area contributed by atoms with Gasteiger partial charge in [-0.3, -0.25) is 4.68 Å². The van der Waals surface area contributed by atoms with E-state index in [1.165, 1.54) is 44.1 Å². The third-order valence-corrected chi connectivity index (χ3v) is 4.91. The fourth-order valence-electron chi connectivity index (χ4n) is 3.57. The Bertz CT molecular complexity index is 377. The highest BCUT2D eigenvalue weighted by Gasteiger charge is 2.26. The largest absolute Gasteiger partial charge is 0.313 e. The number of hydrogen-bond donors (Lipinski definition) is 1. The topological polar surface area (TPSA) is 29.9 Å². The second-order valence-electron chi connectivity index (χ2n) is 6.48. The zero-order valence-corrected chi connectivity index (χ0v) is 13.4. The van der Waals surface area contributed by atoms with Gasteiger partial charge in [-0.25, -0.2) is 0 Å². The minimum atomic E-state index is 0.636. The van der Waals surface area contributed by atoms with Gasteiger partial charge < -0.3 is 5.32 Å². The number of aromatic nitrogens is 2. The van der Waals surface area contributed by atoms with Crippen molar-refractivity contribution >= 4 is 0 Å². The van der Waals surface area contributed by atoms with Crippen LogP contribution >= 0.6 is 0 Å². The van der Waals surface area contributed by atoms with Crippen LogP contribution in [0.5, 0.6) is 0 Å². The van der Waals surface area contributed by atoms with Crippen LogP contribution in [0, 0.1) is 11.8 Å². The van der Waals surface area contributed by atoms with Gasteiger partial charge in [0.05, 0.1) is 6.20 Å². The summed E-state index contributed by atoms with van der Waals surface area (Å²) in [4.78, 5) is 0. The van der Waals surface area contributed by atoms with E-state index in [9.17, 15) is 0 Å². The average molecular weight is 277 g/mol. The van der Waals surface area contributed by atoms with E-state index < -0.39 is 0 Å². The van der Waals surface area contributed by atoms with Crippen molar-refractivity contribution in [2.75, 3.05) is 6.54 Å². The van der Waals surface area contributed by atoms with Crippen molar-refractivity contribution in [3.8, 4) is 0 Å². The Morgan fingerprint density at radius 2 is 2.05 bits per heavy atom. The molecule has 1 unspecified atom stereocenters. The van der Waals surface area contributed by atoms with Crippen molar-refractivity contribution in [1.82, 2.24) is 15.1 Å². The predicted octanol–water partition coefficient (Wildman–Crippen LogP) is 3.55. The molecule has 0 saturated heterocycles. The van der Waals surface area contributed by atoms with Gasteiger partial charge in [0, 0.05) is 19.3 Å². The fourth-order valence-corrected chi connectivity index (χ4v) is 3.57. The van der Waals surface area contributed by atoms with Gasteiger partial charge in [-0.05, 0) is 49.6 Å². The van der Waals surface area contributed by atoms with Crippen molar-refractivity contribution in [2.24, 2.45) is 18.9 Å². The van der Waals surface area contributed by atoms with Crippen LogP contribution < -0.4 is 5.32 Å². The first-order valence-electron chi connectivity index (χ1n) is 8.43. The van der Waals surface area contributed by atoms with Crippen LogP contribution in [-0.4, -0.2) is 22.4 Å². The van der Waals surface area contributed by atoms with E-state index in [2.05, 4.69) is 30.5 Å². The maximum absolute atomic E-state index is 4.31. The van der Waals surface area contributed by atoms with Gasteiger partial charge in [-0.15, -0.1) is 0 Å². The summed E-state index contributed by atoms with van der Waals surface area (Å²) in [5, 5.41) is 8.10. The van der Waals surface area contributed by atoms with Gasteiger partial charge >= 0.3 is 0 Å². The molecule has 0 aliphatic heterocycles. The van der Waals surface area contributed by atoms with E-state index in [4.69, 9.17) is 0 Å². The molecule has 0 spiro atoms. The van der Waals surface area contributed by atoms with E-state index in [1.54, 1.807) is 0 Å². The Morgan fingerprint density at radius 3 is 2.60 bits per heavy atom. The molecule has 1 heterocycles. The standard InChI is InChI=1S/C17H31N3/c1-4-10-18-17(11-15-12-19-20(3)13-15)16-8-6-14(5-2)7-9-16/h12-14,16-18H,4-11H2,1-3H3. The van der Waals surface area contributed by atoms with E-state index in [1.807, 2.05) is 17.9 Å². The van der Waals surface area contributed by atoms with Gasteiger partial charge in [0.2, 0.25) is 0 Å². The molecule has 1 aliphatic carbocycles. The van der Waals surface area contributed by atoms with E-state index in [0.29, 0.717) is 6.04 Å². The molecule has 20 heavy (non-hydrogen) atoms. The third-order valence-electron chi connectivity index (χ3n) is 4.91. The minimum absolute atomic E-state index is 0.636. The summed E-state index contributed by atoms with van der Waals surface area (Å²) in [6, 6.07) is 0.636. The molecule has 1 aromatic rings. The molecule has 0 aromatic carbocycles. The molecule has 3 nitrogen and oxygen atoms in total. The zero-order valence-electron chi connectivity index (χ0n) is 13.4. The molecule has 114 valence electrons. The van der Waals surface area contributed by atoms with Gasteiger partial charge in [0.15, 0.2) is 0 Å². The van der Waals surface area contributed by atoms with Crippen molar-refractivity contribution in [1.29, 1.82) is 0 Å². The van der Waals surface area contributed by atoms with Crippen LogP contribution in [0.25, 0.3) is 0 Å². The lowest BCUT2D eigenvalue weighted by Gasteiger charge is -2.34. The molecule has 1 N–H and O–H groups in total. The maximum atomic E-state index is 4.31. The molecule has 1 saturated carbocycles. The zero-order chi connectivity index (χ0) is 14.4. The first-order chi connectivity index (χ1) is 9.72. The Labute approximate surface area is 124 Å². The summed E-state index contributed by atoms with van der Waals surface area (Å²) in [7, 11) is 2.00. The van der Waals surface area contributed by atoms with Crippen LogP contribution in [0.2, 0.25) is 0 Å². The predicted molar refractivity (Wildman–Crippen MR) is 84.7 cm³/mol. The van der Waals surface area contributed by atoms with Gasteiger partial charge in [-0.1, -0.05) is 33.1 Å². The molecular weight excluding hydrogens is 246 g/mol. The highest BCUT2D eigenvalue weighted by molar-refractivity contribution is 5.07. The number of aryl methyl sites for hydroxylation is 1. The Morgan fingerprint density at radius 1 is 1.30 bits per heavy atom. The van der Waals surface area contributed by atoms with Crippen molar-refractivity contribution in [3.05, 3.63) is 18.0 Å². The lowest BCUT2D eigenvalue weighted by molar-refractivity contribution is 0.216. The molecule has 3 heteroatoms. The van der Waals surface area contributed by atoms with Crippen molar-refractivity contribution < 1.29 is 0 Å². The first kappa shape index (κ1) is 15.6. The second-order valence-corrected chi connectivity index (χ2v) is 6.48. The molecule has 1 fully saturated rings. The first-order valence-corrected chi connectivity index (χ1v) is 8.43. The van der Waals surface area contributed by atoms with Gasteiger partial charge in [-0.2, -0.15) is 5.10 Å². The summed E-state index contributed by atoms with van der Waals surface area (Å²) in [6.45, 7) is 5.73. The number of nitrogens with zero attached hydrogens (tertiary/aromatic N) is 2. The highest BCUT2D eigenvalue weighted by atomic mass is 15.2. The normalized spacial score (nSPS) is 24.8. The smallest absolute Gasteiger partial charge is 0.0522 e. The fraction of sp³-hybridized carbons (Fsp3) is 0.824. The Hall–Kier alpha value is -0.830. The lowest BCUT2D eigenvalue weighted by atomic mass is 9.76. The van der Waals surface area contributed by atoms with Gasteiger partial charge in [0.25, 0.3) is 0 Å². The molecule has 0 amide bonds. The van der Waals surface area contributed by atoms with Crippen LogP contribution in [0.3, 0.4) is 0 Å². The van der Waals surface area contributed by atoms with Crippen LogP contribution in [0.1, 0.15) is 57.9 Å². The van der Waals surface area contributed by atoms with Crippen molar-refractivity contribution in [2.45, 2.75) is 64.8 Å². The SMILES string of the molecule is CCCNC(Cc1cnn(C)c1)C1CCC(CC)CC1. The van der Waals surface area contributed by atoms with Crippen molar-refractivity contribution in [3.63, 3.8) is 0 Å². The number of hydrogen-bond acceptors (Lipinski definition) is 2.